The zero-order chi connectivity index (χ0) is 11.3. The molecule has 0 saturated carbocycles. The molecule has 5 nitrogen and oxygen atoms in total. The lowest BCUT2D eigenvalue weighted by Crippen LogP contribution is -2.14. The first-order chi connectivity index (χ1) is 7.17. The molecule has 0 radical (unpaired) electrons. The number of hydrogen-bond donors (Lipinski definition) is 0. The second-order valence-electron chi connectivity index (χ2n) is 2.97. The molecule has 0 atom stereocenters. The van der Waals surface area contributed by atoms with Gasteiger partial charge in [0, 0.05) is 19.3 Å². The summed E-state index contributed by atoms with van der Waals surface area (Å²) in [6.45, 7) is 5.88. The largest absolute Gasteiger partial charge is 0.433 e. The van der Waals surface area contributed by atoms with Gasteiger partial charge in [-0.15, -0.1) is 0 Å². The Morgan fingerprint density at radius 3 is 2.60 bits per heavy atom. The SMILES string of the molecule is CCN(/C=C\c1ccc([N+](=O)[O-])o1)CC. The molecule has 0 unspecified atom stereocenters. The molecule has 0 aromatic carbocycles. The summed E-state index contributed by atoms with van der Waals surface area (Å²) in [5.41, 5.74) is 0. The predicted molar refractivity (Wildman–Crippen MR) is 57.3 cm³/mol. The summed E-state index contributed by atoms with van der Waals surface area (Å²) in [5.74, 6) is 0.266. The molecule has 5 heteroatoms. The van der Waals surface area contributed by atoms with Crippen LogP contribution in [0.5, 0.6) is 0 Å². The van der Waals surface area contributed by atoms with E-state index in [0.717, 1.165) is 13.1 Å². The smallest absolute Gasteiger partial charge is 0.401 e. The Hall–Kier alpha value is -1.78. The van der Waals surface area contributed by atoms with E-state index in [4.69, 9.17) is 4.42 Å². The first-order valence-electron chi connectivity index (χ1n) is 4.83. The van der Waals surface area contributed by atoms with Crippen molar-refractivity contribution in [3.8, 4) is 0 Å². The second-order valence-corrected chi connectivity index (χ2v) is 2.97. The first kappa shape index (κ1) is 11.3. The molecule has 1 aromatic heterocycles. The van der Waals surface area contributed by atoms with Crippen LogP contribution in [0.25, 0.3) is 6.08 Å². The summed E-state index contributed by atoms with van der Waals surface area (Å²) in [6, 6.07) is 2.93. The van der Waals surface area contributed by atoms with Crippen molar-refractivity contribution in [1.82, 2.24) is 4.90 Å². The van der Waals surface area contributed by atoms with E-state index in [1.165, 1.54) is 6.07 Å². The lowest BCUT2D eigenvalue weighted by Gasteiger charge is -2.13. The van der Waals surface area contributed by atoms with E-state index in [1.807, 2.05) is 20.0 Å². The van der Waals surface area contributed by atoms with E-state index in [9.17, 15) is 10.1 Å². The van der Waals surface area contributed by atoms with E-state index < -0.39 is 4.92 Å². The average Bonchev–Trinajstić information content (AvgIpc) is 2.68. The Labute approximate surface area is 88.1 Å². The van der Waals surface area contributed by atoms with Crippen LogP contribution < -0.4 is 0 Å². The Morgan fingerprint density at radius 2 is 2.13 bits per heavy atom. The number of furan rings is 1. The Balaban J connectivity index is 2.68. The lowest BCUT2D eigenvalue weighted by atomic mass is 10.4. The van der Waals surface area contributed by atoms with Crippen molar-refractivity contribution in [2.75, 3.05) is 13.1 Å². The van der Waals surface area contributed by atoms with Crippen molar-refractivity contribution in [3.63, 3.8) is 0 Å². The summed E-state index contributed by atoms with van der Waals surface area (Å²) in [7, 11) is 0. The molecular formula is C10H14N2O3. The van der Waals surface area contributed by atoms with Gasteiger partial charge < -0.3 is 9.32 Å². The molecule has 0 N–H and O–H groups in total. The van der Waals surface area contributed by atoms with Gasteiger partial charge in [0.05, 0.1) is 6.07 Å². The summed E-state index contributed by atoms with van der Waals surface area (Å²) in [4.78, 5) is 11.9. The molecule has 0 spiro atoms. The van der Waals surface area contributed by atoms with Crippen LogP contribution in [0.4, 0.5) is 5.88 Å². The number of rotatable bonds is 5. The average molecular weight is 210 g/mol. The van der Waals surface area contributed by atoms with Crippen LogP contribution in [0.1, 0.15) is 19.6 Å². The third kappa shape index (κ3) is 3.12. The van der Waals surface area contributed by atoms with Crippen molar-refractivity contribution in [2.45, 2.75) is 13.8 Å². The molecule has 0 amide bonds. The van der Waals surface area contributed by atoms with Crippen LogP contribution in [0.2, 0.25) is 0 Å². The van der Waals surface area contributed by atoms with Crippen molar-refractivity contribution in [3.05, 3.63) is 34.2 Å². The minimum atomic E-state index is -0.547. The third-order valence-corrected chi connectivity index (χ3v) is 2.05. The van der Waals surface area contributed by atoms with Gasteiger partial charge in [0.2, 0.25) is 0 Å². The minimum Gasteiger partial charge on any atom is -0.401 e. The highest BCUT2D eigenvalue weighted by atomic mass is 16.6. The van der Waals surface area contributed by atoms with E-state index in [0.29, 0.717) is 5.76 Å². The predicted octanol–water partition coefficient (Wildman–Crippen LogP) is 2.50. The van der Waals surface area contributed by atoms with Crippen molar-refractivity contribution >= 4 is 12.0 Å². The Bertz CT molecular complexity index is 353. The minimum absolute atomic E-state index is 0.228. The van der Waals surface area contributed by atoms with Gasteiger partial charge in [-0.25, -0.2) is 0 Å². The zero-order valence-electron chi connectivity index (χ0n) is 8.84. The van der Waals surface area contributed by atoms with E-state index in [-0.39, 0.29) is 5.88 Å². The molecule has 1 rings (SSSR count). The second kappa shape index (κ2) is 5.19. The quantitative estimate of drug-likeness (QED) is 0.553. The van der Waals surface area contributed by atoms with Crippen LogP contribution in [-0.2, 0) is 0 Å². The zero-order valence-corrected chi connectivity index (χ0v) is 8.84. The van der Waals surface area contributed by atoms with Crippen LogP contribution in [0, 0.1) is 10.1 Å². The van der Waals surface area contributed by atoms with Gasteiger partial charge in [-0.3, -0.25) is 10.1 Å². The highest BCUT2D eigenvalue weighted by Crippen LogP contribution is 2.16. The maximum absolute atomic E-state index is 10.3. The van der Waals surface area contributed by atoms with Crippen LogP contribution in [0.3, 0.4) is 0 Å². The van der Waals surface area contributed by atoms with Crippen LogP contribution >= 0.6 is 0 Å². The highest BCUT2D eigenvalue weighted by Gasteiger charge is 2.09. The van der Waals surface area contributed by atoms with Gasteiger partial charge >= 0.3 is 5.88 Å². The molecule has 0 aliphatic heterocycles. The van der Waals surface area contributed by atoms with Crippen molar-refractivity contribution < 1.29 is 9.34 Å². The molecule has 15 heavy (non-hydrogen) atoms. The topological polar surface area (TPSA) is 59.5 Å². The van der Waals surface area contributed by atoms with Crippen LogP contribution in [0.15, 0.2) is 22.7 Å². The fourth-order valence-electron chi connectivity index (χ4n) is 1.14. The highest BCUT2D eigenvalue weighted by molar-refractivity contribution is 5.44. The molecule has 1 aromatic rings. The summed E-state index contributed by atoms with van der Waals surface area (Å²) in [6.07, 6.45) is 3.59. The van der Waals surface area contributed by atoms with E-state index >= 15 is 0 Å². The Kier molecular flexibility index (Phi) is 3.91. The molecule has 0 bridgehead atoms. The molecule has 0 aliphatic carbocycles. The van der Waals surface area contributed by atoms with Gasteiger partial charge in [0.25, 0.3) is 0 Å². The maximum atomic E-state index is 10.3. The third-order valence-electron chi connectivity index (χ3n) is 2.05. The molecule has 0 fully saturated rings. The summed E-state index contributed by atoms with van der Waals surface area (Å²) < 4.78 is 4.97. The van der Waals surface area contributed by atoms with Gasteiger partial charge in [0.1, 0.15) is 10.7 Å². The molecule has 0 aliphatic rings. The number of hydrogen-bond acceptors (Lipinski definition) is 4. The van der Waals surface area contributed by atoms with Gasteiger partial charge in [0.15, 0.2) is 0 Å². The standard InChI is InChI=1S/C10H14N2O3/c1-3-11(4-2)8-7-9-5-6-10(15-9)12(13)14/h5-8H,3-4H2,1-2H3/b8-7-. The Morgan fingerprint density at radius 1 is 1.47 bits per heavy atom. The fraction of sp³-hybridized carbons (Fsp3) is 0.400. The lowest BCUT2D eigenvalue weighted by molar-refractivity contribution is -0.402. The van der Waals surface area contributed by atoms with E-state index in [1.54, 1.807) is 12.1 Å². The van der Waals surface area contributed by atoms with Crippen LogP contribution in [-0.4, -0.2) is 22.9 Å². The molecular weight excluding hydrogens is 196 g/mol. The molecule has 82 valence electrons. The molecule has 0 saturated heterocycles. The first-order valence-corrected chi connectivity index (χ1v) is 4.83. The van der Waals surface area contributed by atoms with Gasteiger partial charge in [-0.1, -0.05) is 0 Å². The number of nitrogens with zero attached hydrogens (tertiary/aromatic N) is 2. The van der Waals surface area contributed by atoms with Gasteiger partial charge in [-0.05, 0) is 26.0 Å². The summed E-state index contributed by atoms with van der Waals surface area (Å²) in [5, 5.41) is 10.3. The fourth-order valence-corrected chi connectivity index (χ4v) is 1.14. The van der Waals surface area contributed by atoms with Crippen molar-refractivity contribution in [1.29, 1.82) is 0 Å². The van der Waals surface area contributed by atoms with E-state index in [2.05, 4.69) is 4.90 Å². The van der Waals surface area contributed by atoms with Gasteiger partial charge in [-0.2, -0.15) is 0 Å². The van der Waals surface area contributed by atoms with Crippen molar-refractivity contribution in [2.24, 2.45) is 0 Å². The summed E-state index contributed by atoms with van der Waals surface area (Å²) >= 11 is 0. The normalized spacial score (nSPS) is 10.8. The molecule has 1 heterocycles. The maximum Gasteiger partial charge on any atom is 0.433 e. The monoisotopic (exact) mass is 210 g/mol. The number of nitro groups is 1.